The van der Waals surface area contributed by atoms with Crippen LogP contribution in [0.4, 0.5) is 5.00 Å². The van der Waals surface area contributed by atoms with E-state index in [1.807, 2.05) is 0 Å². The lowest BCUT2D eigenvalue weighted by molar-refractivity contribution is -0.119. The lowest BCUT2D eigenvalue weighted by Crippen LogP contribution is -2.45. The van der Waals surface area contributed by atoms with Crippen molar-refractivity contribution in [3.8, 4) is 0 Å². The van der Waals surface area contributed by atoms with Crippen molar-refractivity contribution in [1.82, 2.24) is 4.90 Å². The molecule has 29 heavy (non-hydrogen) atoms. The minimum atomic E-state index is -1.13. The van der Waals surface area contributed by atoms with Crippen molar-refractivity contribution in [1.29, 1.82) is 0 Å². The predicted octanol–water partition coefficient (Wildman–Crippen LogP) is 2.67. The summed E-state index contributed by atoms with van der Waals surface area (Å²) in [7, 11) is 1.19. The largest absolute Gasteiger partial charge is 0.465 e. The van der Waals surface area contributed by atoms with Crippen molar-refractivity contribution in [3.63, 3.8) is 0 Å². The Labute approximate surface area is 170 Å². The molecular weight excluding hydrogens is 396 g/mol. The molecule has 1 N–H and O–H groups in total. The number of benzene rings is 1. The third kappa shape index (κ3) is 3.33. The molecule has 2 heterocycles. The van der Waals surface area contributed by atoms with Crippen LogP contribution >= 0.6 is 11.3 Å². The van der Waals surface area contributed by atoms with Crippen LogP contribution in [0.1, 0.15) is 60.2 Å². The molecule has 0 aliphatic carbocycles. The first-order valence-electron chi connectivity index (χ1n) is 8.69. The third-order valence-corrected chi connectivity index (χ3v) is 5.99. The Morgan fingerprint density at radius 3 is 2.14 bits per heavy atom. The summed E-state index contributed by atoms with van der Waals surface area (Å²) in [6.07, 6.45) is 0. The number of Topliss-reactive ketones (excluding diaryl/α,β-unsaturated/α-hetero) is 1. The maximum atomic E-state index is 12.8. The Morgan fingerprint density at radius 2 is 1.66 bits per heavy atom. The van der Waals surface area contributed by atoms with Gasteiger partial charge in [0, 0.05) is 0 Å². The number of esters is 1. The summed E-state index contributed by atoms with van der Waals surface area (Å²) in [4.78, 5) is 63.2. The molecule has 0 bridgehead atoms. The Balaban J connectivity index is 1.91. The number of carbonyl (C=O) groups is 5. The zero-order valence-electron chi connectivity index (χ0n) is 16.2. The highest BCUT2D eigenvalue weighted by atomic mass is 32.1. The smallest absolute Gasteiger partial charge is 0.341 e. The minimum Gasteiger partial charge on any atom is -0.465 e. The van der Waals surface area contributed by atoms with Gasteiger partial charge in [-0.3, -0.25) is 24.1 Å². The van der Waals surface area contributed by atoms with E-state index in [1.165, 1.54) is 33.1 Å². The molecular formula is C20H18N2O6S. The zero-order valence-corrected chi connectivity index (χ0v) is 17.0. The summed E-state index contributed by atoms with van der Waals surface area (Å²) in [6.45, 7) is 4.36. The van der Waals surface area contributed by atoms with Gasteiger partial charge in [0.25, 0.3) is 11.8 Å². The first-order chi connectivity index (χ1) is 13.7. The predicted molar refractivity (Wildman–Crippen MR) is 105 cm³/mol. The summed E-state index contributed by atoms with van der Waals surface area (Å²) in [5, 5.41) is 2.70. The fraction of sp³-hybridized carbons (Fsp3) is 0.250. The number of rotatable bonds is 5. The van der Waals surface area contributed by atoms with E-state index >= 15 is 0 Å². The van der Waals surface area contributed by atoms with E-state index < -0.39 is 29.7 Å². The second-order valence-corrected chi connectivity index (χ2v) is 7.52. The monoisotopic (exact) mass is 414 g/mol. The normalized spacial score (nSPS) is 13.9. The maximum Gasteiger partial charge on any atom is 0.341 e. The van der Waals surface area contributed by atoms with Gasteiger partial charge in [-0.2, -0.15) is 0 Å². The summed E-state index contributed by atoms with van der Waals surface area (Å²) in [5.41, 5.74) is 0.945. The molecule has 0 saturated carbocycles. The van der Waals surface area contributed by atoms with Crippen LogP contribution in [0, 0.1) is 6.92 Å². The number of amides is 3. The number of carbonyl (C=O) groups excluding carboxylic acids is 5. The number of nitrogens with one attached hydrogen (secondary N) is 1. The quantitative estimate of drug-likeness (QED) is 0.458. The zero-order chi connectivity index (χ0) is 21.5. The molecule has 0 saturated heterocycles. The molecule has 1 unspecified atom stereocenters. The van der Waals surface area contributed by atoms with Crippen LogP contribution in [0.5, 0.6) is 0 Å². The number of thiophene rings is 1. The number of methoxy groups -OCH3 is 1. The number of nitrogens with zero attached hydrogens (tertiary/aromatic N) is 1. The topological polar surface area (TPSA) is 110 Å². The van der Waals surface area contributed by atoms with E-state index in [-0.39, 0.29) is 27.5 Å². The third-order valence-electron chi connectivity index (χ3n) is 4.69. The first-order valence-corrected chi connectivity index (χ1v) is 9.51. The van der Waals surface area contributed by atoms with Gasteiger partial charge in [0.2, 0.25) is 5.91 Å². The molecule has 2 aromatic rings. The van der Waals surface area contributed by atoms with Gasteiger partial charge in [0.1, 0.15) is 11.0 Å². The molecule has 1 aliphatic rings. The molecule has 3 rings (SSSR count). The van der Waals surface area contributed by atoms with Gasteiger partial charge in [0.05, 0.1) is 28.7 Å². The average Bonchev–Trinajstić information content (AvgIpc) is 3.15. The molecule has 3 amide bonds. The molecule has 0 radical (unpaired) electrons. The maximum absolute atomic E-state index is 12.8. The fourth-order valence-electron chi connectivity index (χ4n) is 3.18. The number of fused-ring (bicyclic) bond motifs is 1. The van der Waals surface area contributed by atoms with E-state index in [9.17, 15) is 24.0 Å². The van der Waals surface area contributed by atoms with Crippen LogP contribution in [-0.4, -0.2) is 47.5 Å². The summed E-state index contributed by atoms with van der Waals surface area (Å²) in [5.74, 6) is -2.75. The van der Waals surface area contributed by atoms with E-state index in [1.54, 1.807) is 19.1 Å². The van der Waals surface area contributed by atoms with Crippen LogP contribution in [0.2, 0.25) is 0 Å². The van der Waals surface area contributed by atoms with Crippen LogP contribution in [-0.2, 0) is 9.53 Å². The highest BCUT2D eigenvalue weighted by Crippen LogP contribution is 2.34. The first kappa shape index (κ1) is 20.4. The molecule has 150 valence electrons. The number of hydrogen-bond donors (Lipinski definition) is 1. The second kappa shape index (κ2) is 7.59. The SMILES string of the molecule is COC(=O)c1c(NC(=O)C(C)N2C(=O)c3ccccc3C2=O)sc(C(C)=O)c1C. The highest BCUT2D eigenvalue weighted by molar-refractivity contribution is 7.18. The number of ether oxygens (including phenoxy) is 1. The Kier molecular flexibility index (Phi) is 5.34. The van der Waals surface area contributed by atoms with E-state index in [4.69, 9.17) is 4.74 Å². The summed E-state index contributed by atoms with van der Waals surface area (Å²) < 4.78 is 4.76. The van der Waals surface area contributed by atoms with Crippen molar-refractivity contribution >= 4 is 45.8 Å². The van der Waals surface area contributed by atoms with Crippen molar-refractivity contribution in [3.05, 3.63) is 51.4 Å². The summed E-state index contributed by atoms with van der Waals surface area (Å²) in [6, 6.07) is 5.20. The van der Waals surface area contributed by atoms with Crippen molar-refractivity contribution in [2.75, 3.05) is 12.4 Å². The van der Waals surface area contributed by atoms with Gasteiger partial charge in [-0.1, -0.05) is 12.1 Å². The van der Waals surface area contributed by atoms with Crippen LogP contribution in [0.25, 0.3) is 0 Å². The molecule has 1 aliphatic heterocycles. The molecule has 9 heteroatoms. The molecule has 0 spiro atoms. The standard InChI is InChI=1S/C20H18N2O6S/c1-9-14(20(27)28-4)17(29-15(9)11(3)23)21-16(24)10(2)22-18(25)12-7-5-6-8-13(12)19(22)26/h5-8,10H,1-4H3,(H,21,24). The lowest BCUT2D eigenvalue weighted by atomic mass is 10.1. The van der Waals surface area contributed by atoms with Crippen LogP contribution < -0.4 is 5.32 Å². The van der Waals surface area contributed by atoms with Gasteiger partial charge in [-0.25, -0.2) is 4.79 Å². The van der Waals surface area contributed by atoms with E-state index in [2.05, 4.69) is 5.32 Å². The highest BCUT2D eigenvalue weighted by Gasteiger charge is 2.41. The number of anilines is 1. The summed E-state index contributed by atoms with van der Waals surface area (Å²) >= 11 is 0.944. The molecule has 1 aromatic heterocycles. The van der Waals surface area contributed by atoms with Gasteiger partial charge < -0.3 is 10.1 Å². The molecule has 0 fully saturated rings. The number of ketones is 1. The molecule has 8 nitrogen and oxygen atoms in total. The van der Waals surface area contributed by atoms with E-state index in [0.717, 1.165) is 16.2 Å². The minimum absolute atomic E-state index is 0.0746. The Hall–Kier alpha value is -3.33. The lowest BCUT2D eigenvalue weighted by Gasteiger charge is -2.21. The number of hydrogen-bond acceptors (Lipinski definition) is 7. The Morgan fingerprint density at radius 1 is 1.10 bits per heavy atom. The van der Waals surface area contributed by atoms with Crippen LogP contribution in [0.15, 0.2) is 24.3 Å². The van der Waals surface area contributed by atoms with Gasteiger partial charge in [-0.15, -0.1) is 11.3 Å². The van der Waals surface area contributed by atoms with Gasteiger partial charge >= 0.3 is 5.97 Å². The van der Waals surface area contributed by atoms with Gasteiger partial charge in [0.15, 0.2) is 5.78 Å². The van der Waals surface area contributed by atoms with Gasteiger partial charge in [-0.05, 0) is 38.5 Å². The van der Waals surface area contributed by atoms with Crippen molar-refractivity contribution in [2.24, 2.45) is 0 Å². The molecule has 1 aromatic carbocycles. The molecule has 1 atom stereocenters. The van der Waals surface area contributed by atoms with Crippen molar-refractivity contribution in [2.45, 2.75) is 26.8 Å². The average molecular weight is 414 g/mol. The van der Waals surface area contributed by atoms with Crippen molar-refractivity contribution < 1.29 is 28.7 Å². The van der Waals surface area contributed by atoms with Crippen LogP contribution in [0.3, 0.4) is 0 Å². The Bertz CT molecular complexity index is 1040. The second-order valence-electron chi connectivity index (χ2n) is 6.50. The van der Waals surface area contributed by atoms with E-state index in [0.29, 0.717) is 10.4 Å². The fourth-order valence-corrected chi connectivity index (χ4v) is 4.27. The number of imide groups is 1.